The summed E-state index contributed by atoms with van der Waals surface area (Å²) in [6.07, 6.45) is 5.49. The number of ether oxygens (including phenoxy) is 2. The second-order valence-corrected chi connectivity index (χ2v) is 5.71. The van der Waals surface area contributed by atoms with Gasteiger partial charge in [0.1, 0.15) is 5.75 Å². The first-order chi connectivity index (χ1) is 9.31. The van der Waals surface area contributed by atoms with Crippen LogP contribution < -0.4 is 4.74 Å². The summed E-state index contributed by atoms with van der Waals surface area (Å²) in [4.78, 5) is 0. The molecule has 0 saturated carbocycles. The van der Waals surface area contributed by atoms with Crippen molar-refractivity contribution in [3.05, 3.63) is 28.2 Å². The maximum atomic E-state index is 8.93. The van der Waals surface area contributed by atoms with Gasteiger partial charge in [-0.2, -0.15) is 0 Å². The molecular weight excluding hydrogens is 308 g/mol. The lowest BCUT2D eigenvalue weighted by Gasteiger charge is -2.13. The van der Waals surface area contributed by atoms with E-state index in [-0.39, 0.29) is 6.61 Å². The maximum absolute atomic E-state index is 8.93. The Morgan fingerprint density at radius 3 is 2.89 bits per heavy atom. The lowest BCUT2D eigenvalue weighted by molar-refractivity contribution is 0.282. The Bertz CT molecular complexity index is 391. The molecule has 1 unspecified atom stereocenters. The first kappa shape index (κ1) is 14.8. The highest BCUT2D eigenvalue weighted by molar-refractivity contribution is 9.10. The predicted molar refractivity (Wildman–Crippen MR) is 78.6 cm³/mol. The summed E-state index contributed by atoms with van der Waals surface area (Å²) in [5.41, 5.74) is 1.16. The average Bonchev–Trinajstić information content (AvgIpc) is 3.22. The summed E-state index contributed by atoms with van der Waals surface area (Å²) >= 11 is 3.53. The van der Waals surface area contributed by atoms with E-state index in [4.69, 9.17) is 14.6 Å². The van der Waals surface area contributed by atoms with Gasteiger partial charge in [0, 0.05) is 6.61 Å². The van der Waals surface area contributed by atoms with Crippen molar-refractivity contribution in [2.45, 2.75) is 38.2 Å². The van der Waals surface area contributed by atoms with Crippen molar-refractivity contribution in [3.8, 4) is 5.75 Å². The van der Waals surface area contributed by atoms with Gasteiger partial charge in [-0.3, -0.25) is 0 Å². The monoisotopic (exact) mass is 328 g/mol. The number of hydrogen-bond donors (Lipinski definition) is 1. The Labute approximate surface area is 123 Å². The van der Waals surface area contributed by atoms with E-state index >= 15 is 0 Å². The highest BCUT2D eigenvalue weighted by Gasteiger charge is 2.21. The maximum Gasteiger partial charge on any atom is 0.136 e. The Balaban J connectivity index is 1.78. The SMILES string of the molecule is OCCCc1cccc(Br)c1OCCCCC1CO1. The van der Waals surface area contributed by atoms with Crippen molar-refractivity contribution in [1.29, 1.82) is 0 Å². The van der Waals surface area contributed by atoms with Crippen molar-refractivity contribution in [1.82, 2.24) is 0 Å². The van der Waals surface area contributed by atoms with Crippen LogP contribution in [0.2, 0.25) is 0 Å². The van der Waals surface area contributed by atoms with Gasteiger partial charge in [0.25, 0.3) is 0 Å². The largest absolute Gasteiger partial charge is 0.492 e. The number of aryl methyl sites for hydroxylation is 1. The molecule has 2 rings (SSSR count). The first-order valence-corrected chi connectivity index (χ1v) is 7.73. The second kappa shape index (κ2) is 7.88. The van der Waals surface area contributed by atoms with Crippen LogP contribution in [-0.4, -0.2) is 31.0 Å². The molecule has 0 spiro atoms. The molecule has 3 nitrogen and oxygen atoms in total. The molecule has 1 N–H and O–H groups in total. The molecule has 1 aliphatic heterocycles. The third kappa shape index (κ3) is 5.13. The fourth-order valence-electron chi connectivity index (χ4n) is 2.06. The number of para-hydroxylation sites is 1. The van der Waals surface area contributed by atoms with Crippen molar-refractivity contribution in [3.63, 3.8) is 0 Å². The van der Waals surface area contributed by atoms with E-state index in [0.29, 0.717) is 6.10 Å². The number of benzene rings is 1. The summed E-state index contributed by atoms with van der Waals surface area (Å²) in [7, 11) is 0. The van der Waals surface area contributed by atoms with Crippen LogP contribution in [0.5, 0.6) is 5.75 Å². The third-order valence-electron chi connectivity index (χ3n) is 3.22. The molecule has 1 aromatic carbocycles. The fourth-order valence-corrected chi connectivity index (χ4v) is 2.59. The van der Waals surface area contributed by atoms with Gasteiger partial charge in [-0.1, -0.05) is 12.1 Å². The molecule has 0 radical (unpaired) electrons. The highest BCUT2D eigenvalue weighted by Crippen LogP contribution is 2.30. The van der Waals surface area contributed by atoms with Crippen molar-refractivity contribution < 1.29 is 14.6 Å². The van der Waals surface area contributed by atoms with Crippen LogP contribution in [0.3, 0.4) is 0 Å². The van der Waals surface area contributed by atoms with E-state index in [0.717, 1.165) is 61.1 Å². The fraction of sp³-hybridized carbons (Fsp3) is 0.600. The Morgan fingerprint density at radius 1 is 1.32 bits per heavy atom. The standard InChI is InChI=1S/C15H21BrO3/c16-14-8-3-5-12(6-4-9-17)15(14)18-10-2-1-7-13-11-19-13/h3,5,8,13,17H,1-2,4,6-7,9-11H2. The number of epoxide rings is 1. The molecule has 0 aromatic heterocycles. The highest BCUT2D eigenvalue weighted by atomic mass is 79.9. The van der Waals surface area contributed by atoms with Gasteiger partial charge in [0.2, 0.25) is 0 Å². The van der Waals surface area contributed by atoms with Gasteiger partial charge >= 0.3 is 0 Å². The van der Waals surface area contributed by atoms with Crippen LogP contribution >= 0.6 is 15.9 Å². The first-order valence-electron chi connectivity index (χ1n) is 6.94. The van der Waals surface area contributed by atoms with Crippen LogP contribution in [-0.2, 0) is 11.2 Å². The molecule has 4 heteroatoms. The Hall–Kier alpha value is -0.580. The third-order valence-corrected chi connectivity index (χ3v) is 3.85. The molecule has 19 heavy (non-hydrogen) atoms. The van der Waals surface area contributed by atoms with E-state index < -0.39 is 0 Å². The van der Waals surface area contributed by atoms with E-state index in [1.54, 1.807) is 0 Å². The number of hydrogen-bond acceptors (Lipinski definition) is 3. The van der Waals surface area contributed by atoms with Crippen molar-refractivity contribution in [2.24, 2.45) is 0 Å². The number of unbranched alkanes of at least 4 members (excludes halogenated alkanes) is 1. The van der Waals surface area contributed by atoms with Crippen LogP contribution in [0.15, 0.2) is 22.7 Å². The molecule has 0 bridgehead atoms. The summed E-state index contributed by atoms with van der Waals surface area (Å²) in [6, 6.07) is 6.07. The van der Waals surface area contributed by atoms with Gasteiger partial charge in [-0.15, -0.1) is 0 Å². The van der Waals surface area contributed by atoms with Crippen LogP contribution in [0.1, 0.15) is 31.2 Å². The molecule has 1 aromatic rings. The van der Waals surface area contributed by atoms with Crippen LogP contribution in [0.25, 0.3) is 0 Å². The smallest absolute Gasteiger partial charge is 0.136 e. The number of aliphatic hydroxyl groups is 1. The lowest BCUT2D eigenvalue weighted by Crippen LogP contribution is -2.02. The Morgan fingerprint density at radius 2 is 2.16 bits per heavy atom. The summed E-state index contributed by atoms with van der Waals surface area (Å²) < 4.78 is 12.1. The van der Waals surface area contributed by atoms with Gasteiger partial charge < -0.3 is 14.6 Å². The second-order valence-electron chi connectivity index (χ2n) is 4.85. The van der Waals surface area contributed by atoms with Crippen molar-refractivity contribution in [2.75, 3.05) is 19.8 Å². The molecular formula is C15H21BrO3. The van der Waals surface area contributed by atoms with E-state index in [9.17, 15) is 0 Å². The zero-order chi connectivity index (χ0) is 13.5. The van der Waals surface area contributed by atoms with Gasteiger partial charge in [-0.25, -0.2) is 0 Å². The van der Waals surface area contributed by atoms with Gasteiger partial charge in [-0.05, 0) is 59.7 Å². The van der Waals surface area contributed by atoms with Gasteiger partial charge in [0.05, 0.1) is 23.8 Å². The zero-order valence-corrected chi connectivity index (χ0v) is 12.7. The predicted octanol–water partition coefficient (Wildman–Crippen LogP) is 3.32. The zero-order valence-electron chi connectivity index (χ0n) is 11.1. The topological polar surface area (TPSA) is 42.0 Å². The molecule has 1 saturated heterocycles. The molecule has 0 amide bonds. The summed E-state index contributed by atoms with van der Waals surface area (Å²) in [6.45, 7) is 1.89. The summed E-state index contributed by atoms with van der Waals surface area (Å²) in [5.74, 6) is 0.929. The van der Waals surface area contributed by atoms with E-state index in [1.165, 1.54) is 0 Å². The van der Waals surface area contributed by atoms with E-state index in [1.807, 2.05) is 12.1 Å². The van der Waals surface area contributed by atoms with E-state index in [2.05, 4.69) is 22.0 Å². The molecule has 1 fully saturated rings. The molecule has 1 aliphatic rings. The minimum Gasteiger partial charge on any atom is -0.492 e. The lowest BCUT2D eigenvalue weighted by atomic mass is 10.1. The minimum absolute atomic E-state index is 0.216. The molecule has 106 valence electrons. The summed E-state index contributed by atoms with van der Waals surface area (Å²) in [5, 5.41) is 8.93. The molecule has 0 aliphatic carbocycles. The van der Waals surface area contributed by atoms with Gasteiger partial charge in [0.15, 0.2) is 0 Å². The average molecular weight is 329 g/mol. The number of halogens is 1. The number of rotatable bonds is 9. The minimum atomic E-state index is 0.216. The number of aliphatic hydroxyl groups excluding tert-OH is 1. The quantitative estimate of drug-likeness (QED) is 0.558. The molecule has 1 heterocycles. The normalized spacial score (nSPS) is 17.5. The van der Waals surface area contributed by atoms with Crippen LogP contribution in [0, 0.1) is 0 Å². The van der Waals surface area contributed by atoms with Crippen LogP contribution in [0.4, 0.5) is 0 Å². The van der Waals surface area contributed by atoms with Crippen molar-refractivity contribution >= 4 is 15.9 Å². The Kier molecular flexibility index (Phi) is 6.14. The molecule has 1 atom stereocenters.